The summed E-state index contributed by atoms with van der Waals surface area (Å²) in [5, 5.41) is 0. The third kappa shape index (κ3) is 3.39. The Hall–Kier alpha value is -1.71. The van der Waals surface area contributed by atoms with Gasteiger partial charge in [0.15, 0.2) is 11.5 Å². The van der Waals surface area contributed by atoms with Gasteiger partial charge in [-0.25, -0.2) is 0 Å². The van der Waals surface area contributed by atoms with Gasteiger partial charge in [-0.15, -0.1) is 0 Å². The summed E-state index contributed by atoms with van der Waals surface area (Å²) >= 11 is 0. The molecular weight excluding hydrogens is 232 g/mol. The Labute approximate surface area is 107 Å². The van der Waals surface area contributed by atoms with Crippen molar-refractivity contribution in [1.29, 1.82) is 0 Å². The Morgan fingerprint density at radius 3 is 2.94 bits per heavy atom. The molecule has 1 aliphatic rings. The van der Waals surface area contributed by atoms with Crippen molar-refractivity contribution in [3.8, 4) is 11.5 Å². The molecule has 0 aromatic heterocycles. The first kappa shape index (κ1) is 12.7. The highest BCUT2D eigenvalue weighted by molar-refractivity contribution is 5.69. The van der Waals surface area contributed by atoms with Crippen LogP contribution in [0.2, 0.25) is 0 Å². The summed E-state index contributed by atoms with van der Waals surface area (Å²) in [5.74, 6) is 1.32. The van der Waals surface area contributed by atoms with Crippen LogP contribution in [0.4, 0.5) is 0 Å². The highest BCUT2D eigenvalue weighted by atomic mass is 16.7. The second-order valence-electron chi connectivity index (χ2n) is 4.31. The third-order valence-corrected chi connectivity index (χ3v) is 2.82. The molecule has 0 amide bonds. The molecule has 0 bridgehead atoms. The van der Waals surface area contributed by atoms with E-state index >= 15 is 0 Å². The fourth-order valence-electron chi connectivity index (χ4n) is 1.79. The zero-order valence-corrected chi connectivity index (χ0v) is 10.6. The first-order valence-electron chi connectivity index (χ1n) is 6.33. The number of hydrogen-bond donors (Lipinski definition) is 0. The molecule has 1 aromatic rings. The van der Waals surface area contributed by atoms with Gasteiger partial charge < -0.3 is 14.2 Å². The molecule has 1 aromatic carbocycles. The summed E-state index contributed by atoms with van der Waals surface area (Å²) in [5.41, 5.74) is 0.920. The summed E-state index contributed by atoms with van der Waals surface area (Å²) in [4.78, 5) is 11.4. The first-order valence-corrected chi connectivity index (χ1v) is 6.33. The van der Waals surface area contributed by atoms with Gasteiger partial charge in [0.1, 0.15) is 6.61 Å². The Bertz CT molecular complexity index is 414. The second kappa shape index (κ2) is 6.28. The molecule has 18 heavy (non-hydrogen) atoms. The smallest absolute Gasteiger partial charge is 0.306 e. The minimum Gasteiger partial charge on any atom is -0.461 e. The van der Waals surface area contributed by atoms with Crippen molar-refractivity contribution in [2.45, 2.75) is 39.2 Å². The highest BCUT2D eigenvalue weighted by Gasteiger charge is 2.13. The summed E-state index contributed by atoms with van der Waals surface area (Å²) in [7, 11) is 0. The normalized spacial score (nSPS) is 12.5. The van der Waals surface area contributed by atoms with Gasteiger partial charge in [0.05, 0.1) is 0 Å². The number of carbonyl (C=O) groups is 1. The van der Waals surface area contributed by atoms with Gasteiger partial charge in [-0.2, -0.15) is 0 Å². The third-order valence-electron chi connectivity index (χ3n) is 2.82. The number of carbonyl (C=O) groups excluding carboxylic acids is 1. The SMILES string of the molecule is CCCCCC(=O)OCc1ccc2c(c1)OCO2. The van der Waals surface area contributed by atoms with Gasteiger partial charge in [0.25, 0.3) is 0 Å². The van der Waals surface area contributed by atoms with Crippen molar-refractivity contribution < 1.29 is 19.0 Å². The maximum atomic E-state index is 11.4. The van der Waals surface area contributed by atoms with Crippen LogP contribution in [0.1, 0.15) is 38.2 Å². The first-order chi connectivity index (χ1) is 8.79. The van der Waals surface area contributed by atoms with E-state index in [1.54, 1.807) is 0 Å². The quantitative estimate of drug-likeness (QED) is 0.575. The van der Waals surface area contributed by atoms with Gasteiger partial charge in [-0.05, 0) is 24.1 Å². The molecule has 0 aliphatic carbocycles. The largest absolute Gasteiger partial charge is 0.461 e. The van der Waals surface area contributed by atoms with Crippen molar-refractivity contribution in [1.82, 2.24) is 0 Å². The monoisotopic (exact) mass is 250 g/mol. The molecule has 0 fully saturated rings. The molecule has 0 N–H and O–H groups in total. The minimum atomic E-state index is -0.138. The van der Waals surface area contributed by atoms with E-state index in [1.165, 1.54) is 0 Å². The van der Waals surface area contributed by atoms with Crippen LogP contribution in [0, 0.1) is 0 Å². The van der Waals surface area contributed by atoms with E-state index in [-0.39, 0.29) is 12.8 Å². The van der Waals surface area contributed by atoms with E-state index in [4.69, 9.17) is 14.2 Å². The maximum absolute atomic E-state index is 11.4. The van der Waals surface area contributed by atoms with Crippen LogP contribution in [0.5, 0.6) is 11.5 Å². The zero-order valence-electron chi connectivity index (χ0n) is 10.6. The summed E-state index contributed by atoms with van der Waals surface area (Å²) < 4.78 is 15.7. The van der Waals surface area contributed by atoms with Crippen molar-refractivity contribution in [3.63, 3.8) is 0 Å². The summed E-state index contributed by atoms with van der Waals surface area (Å²) in [6.45, 7) is 2.66. The Kier molecular flexibility index (Phi) is 4.45. The molecular formula is C14H18O4. The van der Waals surface area contributed by atoms with Gasteiger partial charge in [-0.3, -0.25) is 4.79 Å². The van der Waals surface area contributed by atoms with Crippen LogP contribution < -0.4 is 9.47 Å². The Morgan fingerprint density at radius 1 is 1.28 bits per heavy atom. The molecule has 0 atom stereocenters. The van der Waals surface area contributed by atoms with Crippen LogP contribution >= 0.6 is 0 Å². The maximum Gasteiger partial charge on any atom is 0.306 e. The van der Waals surface area contributed by atoms with E-state index < -0.39 is 0 Å². The molecule has 4 nitrogen and oxygen atoms in total. The Balaban J connectivity index is 1.78. The molecule has 0 radical (unpaired) electrons. The average Bonchev–Trinajstić information content (AvgIpc) is 2.84. The second-order valence-corrected chi connectivity index (χ2v) is 4.31. The predicted octanol–water partition coefficient (Wildman–Crippen LogP) is 3.04. The van der Waals surface area contributed by atoms with Crippen molar-refractivity contribution in [2.24, 2.45) is 0 Å². The fraction of sp³-hybridized carbons (Fsp3) is 0.500. The molecule has 1 aliphatic heterocycles. The molecule has 0 saturated heterocycles. The molecule has 98 valence electrons. The van der Waals surface area contributed by atoms with E-state index in [1.807, 2.05) is 18.2 Å². The zero-order chi connectivity index (χ0) is 12.8. The van der Waals surface area contributed by atoms with Gasteiger partial charge in [0.2, 0.25) is 6.79 Å². The lowest BCUT2D eigenvalue weighted by Gasteiger charge is -2.05. The molecule has 2 rings (SSSR count). The van der Waals surface area contributed by atoms with Gasteiger partial charge in [-0.1, -0.05) is 25.8 Å². The van der Waals surface area contributed by atoms with E-state index in [2.05, 4.69) is 6.92 Å². The predicted molar refractivity (Wildman–Crippen MR) is 66.5 cm³/mol. The average molecular weight is 250 g/mol. The molecule has 0 spiro atoms. The van der Waals surface area contributed by atoms with Crippen molar-refractivity contribution >= 4 is 5.97 Å². The number of ether oxygens (including phenoxy) is 3. The standard InChI is InChI=1S/C14H18O4/c1-2-3-4-5-14(15)16-9-11-6-7-12-13(8-11)18-10-17-12/h6-8H,2-5,9-10H2,1H3. The molecule has 4 heteroatoms. The van der Waals surface area contributed by atoms with Crippen LogP contribution in [0.25, 0.3) is 0 Å². The van der Waals surface area contributed by atoms with Crippen LogP contribution in [0.15, 0.2) is 18.2 Å². The van der Waals surface area contributed by atoms with E-state index in [0.29, 0.717) is 13.0 Å². The van der Waals surface area contributed by atoms with Crippen molar-refractivity contribution in [3.05, 3.63) is 23.8 Å². The lowest BCUT2D eigenvalue weighted by Crippen LogP contribution is -2.04. The number of rotatable bonds is 6. The fourth-order valence-corrected chi connectivity index (χ4v) is 1.79. The van der Waals surface area contributed by atoms with Gasteiger partial charge >= 0.3 is 5.97 Å². The molecule has 0 saturated carbocycles. The van der Waals surface area contributed by atoms with Crippen LogP contribution in [0.3, 0.4) is 0 Å². The number of unbranched alkanes of at least 4 members (excludes halogenated alkanes) is 2. The topological polar surface area (TPSA) is 44.8 Å². The lowest BCUT2D eigenvalue weighted by atomic mass is 10.2. The van der Waals surface area contributed by atoms with Gasteiger partial charge in [0, 0.05) is 6.42 Å². The van der Waals surface area contributed by atoms with E-state index in [0.717, 1.165) is 36.3 Å². The van der Waals surface area contributed by atoms with E-state index in [9.17, 15) is 4.79 Å². The summed E-state index contributed by atoms with van der Waals surface area (Å²) in [6, 6.07) is 5.57. The highest BCUT2D eigenvalue weighted by Crippen LogP contribution is 2.32. The molecule has 1 heterocycles. The van der Waals surface area contributed by atoms with Crippen molar-refractivity contribution in [2.75, 3.05) is 6.79 Å². The number of esters is 1. The van der Waals surface area contributed by atoms with Crippen LogP contribution in [-0.2, 0) is 16.1 Å². The number of benzene rings is 1. The Morgan fingerprint density at radius 2 is 2.11 bits per heavy atom. The number of fused-ring (bicyclic) bond motifs is 1. The lowest BCUT2D eigenvalue weighted by molar-refractivity contribution is -0.145. The van der Waals surface area contributed by atoms with Crippen LogP contribution in [-0.4, -0.2) is 12.8 Å². The minimum absolute atomic E-state index is 0.138. The number of hydrogen-bond acceptors (Lipinski definition) is 4. The summed E-state index contributed by atoms with van der Waals surface area (Å²) in [6.07, 6.45) is 3.57. The molecule has 0 unspecified atom stereocenters.